The normalized spacial score (nSPS) is 11.2. The van der Waals surface area contributed by atoms with E-state index in [1.54, 1.807) is 19.2 Å². The van der Waals surface area contributed by atoms with E-state index in [9.17, 15) is 4.39 Å². The standard InChI is InChI=1S/C17H24FN3O/c1-12-16(13(2)20-19-12)6-5-9-21(3)11-14-10-15(22-4)7-8-17(14)18/h7-8,10H,5-6,9,11H2,1-4H3,(H,19,20). The number of aromatic nitrogens is 2. The topological polar surface area (TPSA) is 41.1 Å². The molecule has 0 aliphatic rings. The van der Waals surface area contributed by atoms with E-state index in [-0.39, 0.29) is 5.82 Å². The highest BCUT2D eigenvalue weighted by molar-refractivity contribution is 5.29. The molecule has 0 unspecified atom stereocenters. The molecule has 1 aromatic heterocycles. The van der Waals surface area contributed by atoms with E-state index in [4.69, 9.17) is 4.74 Å². The fraction of sp³-hybridized carbons (Fsp3) is 0.471. The third kappa shape index (κ3) is 4.07. The van der Waals surface area contributed by atoms with Gasteiger partial charge in [0.25, 0.3) is 0 Å². The van der Waals surface area contributed by atoms with Gasteiger partial charge in [0.05, 0.1) is 12.8 Å². The highest BCUT2D eigenvalue weighted by Gasteiger charge is 2.09. The van der Waals surface area contributed by atoms with Crippen LogP contribution in [-0.2, 0) is 13.0 Å². The second kappa shape index (κ2) is 7.40. The molecule has 2 rings (SSSR count). The largest absolute Gasteiger partial charge is 0.497 e. The summed E-state index contributed by atoms with van der Waals surface area (Å²) >= 11 is 0. The number of nitrogens with one attached hydrogen (secondary N) is 1. The Morgan fingerprint density at radius 2 is 2.09 bits per heavy atom. The van der Waals surface area contributed by atoms with E-state index in [1.165, 1.54) is 11.6 Å². The predicted molar refractivity (Wildman–Crippen MR) is 85.7 cm³/mol. The van der Waals surface area contributed by atoms with Crippen LogP contribution >= 0.6 is 0 Å². The Balaban J connectivity index is 1.87. The number of aryl methyl sites for hydroxylation is 2. The van der Waals surface area contributed by atoms with Crippen molar-refractivity contribution in [2.75, 3.05) is 20.7 Å². The van der Waals surface area contributed by atoms with Gasteiger partial charge in [-0.1, -0.05) is 0 Å². The molecule has 1 N–H and O–H groups in total. The van der Waals surface area contributed by atoms with Gasteiger partial charge in [-0.05, 0) is 64.0 Å². The summed E-state index contributed by atoms with van der Waals surface area (Å²) in [5, 5.41) is 7.22. The first-order valence-electron chi connectivity index (χ1n) is 7.52. The third-order valence-corrected chi connectivity index (χ3v) is 3.94. The van der Waals surface area contributed by atoms with Crippen LogP contribution in [0.15, 0.2) is 18.2 Å². The first-order valence-corrected chi connectivity index (χ1v) is 7.52. The fourth-order valence-electron chi connectivity index (χ4n) is 2.64. The van der Waals surface area contributed by atoms with Gasteiger partial charge in [-0.3, -0.25) is 5.10 Å². The van der Waals surface area contributed by atoms with Gasteiger partial charge in [0, 0.05) is 17.8 Å². The lowest BCUT2D eigenvalue weighted by atomic mass is 10.1. The molecule has 0 fully saturated rings. The van der Waals surface area contributed by atoms with Crippen molar-refractivity contribution in [2.24, 2.45) is 0 Å². The summed E-state index contributed by atoms with van der Waals surface area (Å²) in [5.74, 6) is 0.503. The zero-order chi connectivity index (χ0) is 16.1. The number of H-pyrrole nitrogens is 1. The Kier molecular flexibility index (Phi) is 5.55. The molecule has 1 aromatic carbocycles. The van der Waals surface area contributed by atoms with Crippen molar-refractivity contribution in [2.45, 2.75) is 33.2 Å². The van der Waals surface area contributed by atoms with Gasteiger partial charge in [-0.2, -0.15) is 5.10 Å². The average molecular weight is 305 g/mol. The van der Waals surface area contributed by atoms with Gasteiger partial charge in [0.1, 0.15) is 11.6 Å². The van der Waals surface area contributed by atoms with E-state index >= 15 is 0 Å². The van der Waals surface area contributed by atoms with Crippen molar-refractivity contribution >= 4 is 0 Å². The molecule has 0 saturated carbocycles. The van der Waals surface area contributed by atoms with E-state index in [0.717, 1.165) is 30.8 Å². The SMILES string of the molecule is COc1ccc(F)c(CN(C)CCCc2c(C)n[nH]c2C)c1. The zero-order valence-corrected chi connectivity index (χ0v) is 13.7. The van der Waals surface area contributed by atoms with Gasteiger partial charge >= 0.3 is 0 Å². The van der Waals surface area contributed by atoms with E-state index in [1.807, 2.05) is 20.9 Å². The Labute approximate surface area is 131 Å². The summed E-state index contributed by atoms with van der Waals surface area (Å²) in [6.45, 7) is 5.55. The molecular weight excluding hydrogens is 281 g/mol. The third-order valence-electron chi connectivity index (χ3n) is 3.94. The molecule has 0 bridgehead atoms. The number of ether oxygens (including phenoxy) is 1. The summed E-state index contributed by atoms with van der Waals surface area (Å²) in [4.78, 5) is 2.13. The first kappa shape index (κ1) is 16.5. The van der Waals surface area contributed by atoms with Crippen LogP contribution in [0.5, 0.6) is 5.75 Å². The van der Waals surface area contributed by atoms with Crippen molar-refractivity contribution in [3.05, 3.63) is 46.5 Å². The van der Waals surface area contributed by atoms with Crippen molar-refractivity contribution in [3.63, 3.8) is 0 Å². The molecule has 1 heterocycles. The molecule has 22 heavy (non-hydrogen) atoms. The molecule has 0 amide bonds. The van der Waals surface area contributed by atoms with Crippen LogP contribution < -0.4 is 4.74 Å². The molecule has 5 heteroatoms. The monoisotopic (exact) mass is 305 g/mol. The predicted octanol–water partition coefficient (Wildman–Crippen LogP) is 3.24. The maximum absolute atomic E-state index is 13.8. The Morgan fingerprint density at radius 1 is 1.32 bits per heavy atom. The maximum Gasteiger partial charge on any atom is 0.127 e. The van der Waals surface area contributed by atoms with Crippen LogP contribution in [0.2, 0.25) is 0 Å². The second-order valence-electron chi connectivity index (χ2n) is 5.71. The van der Waals surface area contributed by atoms with E-state index < -0.39 is 0 Å². The maximum atomic E-state index is 13.8. The number of rotatable bonds is 7. The summed E-state index contributed by atoms with van der Waals surface area (Å²) in [6.07, 6.45) is 2.00. The van der Waals surface area contributed by atoms with Crippen molar-refractivity contribution < 1.29 is 9.13 Å². The minimum atomic E-state index is -0.186. The van der Waals surface area contributed by atoms with Gasteiger partial charge in [-0.25, -0.2) is 4.39 Å². The number of hydrogen-bond donors (Lipinski definition) is 1. The lowest BCUT2D eigenvalue weighted by Crippen LogP contribution is -2.20. The minimum absolute atomic E-state index is 0.186. The van der Waals surface area contributed by atoms with Gasteiger partial charge in [-0.15, -0.1) is 0 Å². The molecule has 120 valence electrons. The molecule has 0 atom stereocenters. The highest BCUT2D eigenvalue weighted by Crippen LogP contribution is 2.18. The van der Waals surface area contributed by atoms with Crippen LogP contribution in [0.4, 0.5) is 4.39 Å². The molecule has 0 radical (unpaired) electrons. The molecule has 0 aliphatic heterocycles. The van der Waals surface area contributed by atoms with E-state index in [2.05, 4.69) is 15.1 Å². The van der Waals surface area contributed by atoms with Crippen LogP contribution in [0.3, 0.4) is 0 Å². The molecule has 0 aliphatic carbocycles. The van der Waals surface area contributed by atoms with Crippen molar-refractivity contribution in [1.82, 2.24) is 15.1 Å². The number of benzene rings is 1. The Hall–Kier alpha value is -1.88. The number of halogens is 1. The number of methoxy groups -OCH3 is 1. The van der Waals surface area contributed by atoms with Crippen LogP contribution in [0, 0.1) is 19.7 Å². The molecular formula is C17H24FN3O. The van der Waals surface area contributed by atoms with Crippen LogP contribution in [-0.4, -0.2) is 35.8 Å². The van der Waals surface area contributed by atoms with E-state index in [0.29, 0.717) is 17.9 Å². The summed E-state index contributed by atoms with van der Waals surface area (Å²) in [7, 11) is 3.60. The lowest BCUT2D eigenvalue weighted by Gasteiger charge is -2.17. The van der Waals surface area contributed by atoms with Gasteiger partial charge in [0.15, 0.2) is 0 Å². The fourth-order valence-corrected chi connectivity index (χ4v) is 2.64. The second-order valence-corrected chi connectivity index (χ2v) is 5.71. The molecule has 0 saturated heterocycles. The van der Waals surface area contributed by atoms with Crippen molar-refractivity contribution in [1.29, 1.82) is 0 Å². The summed E-state index contributed by atoms with van der Waals surface area (Å²) in [6, 6.07) is 4.86. The van der Waals surface area contributed by atoms with Gasteiger partial charge in [0.2, 0.25) is 0 Å². The summed E-state index contributed by atoms with van der Waals surface area (Å²) in [5.41, 5.74) is 4.16. The zero-order valence-electron chi connectivity index (χ0n) is 13.7. The molecule has 4 nitrogen and oxygen atoms in total. The number of aromatic amines is 1. The highest BCUT2D eigenvalue weighted by atomic mass is 19.1. The smallest absolute Gasteiger partial charge is 0.127 e. The molecule has 2 aromatic rings. The Bertz CT molecular complexity index is 605. The summed E-state index contributed by atoms with van der Waals surface area (Å²) < 4.78 is 19.0. The Morgan fingerprint density at radius 3 is 2.73 bits per heavy atom. The van der Waals surface area contributed by atoms with Gasteiger partial charge < -0.3 is 9.64 Å². The quantitative estimate of drug-likeness (QED) is 0.854. The van der Waals surface area contributed by atoms with Crippen molar-refractivity contribution in [3.8, 4) is 5.75 Å². The number of nitrogens with zero attached hydrogens (tertiary/aromatic N) is 2. The lowest BCUT2D eigenvalue weighted by molar-refractivity contribution is 0.315. The van der Waals surface area contributed by atoms with Crippen LogP contribution in [0.1, 0.15) is 28.9 Å². The van der Waals surface area contributed by atoms with Crippen LogP contribution in [0.25, 0.3) is 0 Å². The first-order chi connectivity index (χ1) is 10.5. The minimum Gasteiger partial charge on any atom is -0.497 e. The number of hydrogen-bond acceptors (Lipinski definition) is 3. The molecule has 0 spiro atoms. The average Bonchev–Trinajstić information content (AvgIpc) is 2.81.